The second-order valence-electron chi connectivity index (χ2n) is 4.07. The maximum atomic E-state index is 11.6. The van der Waals surface area contributed by atoms with Crippen LogP contribution in [-0.2, 0) is 9.59 Å². The van der Waals surface area contributed by atoms with E-state index in [1.807, 2.05) is 6.92 Å². The Labute approximate surface area is 96.4 Å². The fourth-order valence-corrected chi connectivity index (χ4v) is 1.69. The molecule has 1 heterocycles. The van der Waals surface area contributed by atoms with Crippen molar-refractivity contribution in [3.8, 4) is 0 Å². The van der Waals surface area contributed by atoms with Crippen LogP contribution in [0.15, 0.2) is 0 Å². The number of carbonyl (C=O) groups is 2. The van der Waals surface area contributed by atoms with Crippen LogP contribution in [0.1, 0.15) is 32.6 Å². The van der Waals surface area contributed by atoms with Crippen LogP contribution in [0.4, 0.5) is 0 Å². The van der Waals surface area contributed by atoms with Gasteiger partial charge in [-0.05, 0) is 25.8 Å². The lowest BCUT2D eigenvalue weighted by molar-refractivity contribution is -0.127. The molecule has 0 aliphatic carbocycles. The van der Waals surface area contributed by atoms with Gasteiger partial charge in [0.1, 0.15) is 0 Å². The molecule has 0 bridgehead atoms. The van der Waals surface area contributed by atoms with Crippen LogP contribution in [0.2, 0.25) is 0 Å². The predicted octanol–water partition coefficient (Wildman–Crippen LogP) is -0.229. The van der Waals surface area contributed by atoms with Crippen molar-refractivity contribution in [2.75, 3.05) is 19.6 Å². The maximum absolute atomic E-state index is 11.6. The van der Waals surface area contributed by atoms with Crippen molar-refractivity contribution < 1.29 is 9.59 Å². The molecule has 1 atom stereocenters. The predicted molar refractivity (Wildman–Crippen MR) is 62.0 cm³/mol. The molecule has 1 aliphatic heterocycles. The van der Waals surface area contributed by atoms with Gasteiger partial charge in [0.15, 0.2) is 0 Å². The lowest BCUT2D eigenvalue weighted by Crippen LogP contribution is -2.49. The van der Waals surface area contributed by atoms with E-state index in [2.05, 4.69) is 16.0 Å². The summed E-state index contributed by atoms with van der Waals surface area (Å²) in [5.41, 5.74) is 0. The van der Waals surface area contributed by atoms with Gasteiger partial charge in [0.25, 0.3) is 0 Å². The average Bonchev–Trinajstić information content (AvgIpc) is 2.34. The molecule has 0 saturated carbocycles. The van der Waals surface area contributed by atoms with Crippen molar-refractivity contribution >= 4 is 11.8 Å². The van der Waals surface area contributed by atoms with Gasteiger partial charge in [-0.25, -0.2) is 0 Å². The molecule has 1 saturated heterocycles. The lowest BCUT2D eigenvalue weighted by atomic mass is 10.0. The molecule has 0 radical (unpaired) electrons. The van der Waals surface area contributed by atoms with Crippen molar-refractivity contribution in [1.29, 1.82) is 0 Å². The Morgan fingerprint density at radius 3 is 2.75 bits per heavy atom. The van der Waals surface area contributed by atoms with Crippen molar-refractivity contribution in [3.05, 3.63) is 0 Å². The van der Waals surface area contributed by atoms with Crippen molar-refractivity contribution in [2.24, 2.45) is 0 Å². The summed E-state index contributed by atoms with van der Waals surface area (Å²) in [5, 5.41) is 8.51. The number of amides is 2. The Morgan fingerprint density at radius 1 is 1.31 bits per heavy atom. The van der Waals surface area contributed by atoms with E-state index in [4.69, 9.17) is 0 Å². The van der Waals surface area contributed by atoms with E-state index < -0.39 is 0 Å². The Hall–Kier alpha value is -1.10. The molecule has 5 heteroatoms. The van der Waals surface area contributed by atoms with Gasteiger partial charge in [-0.1, -0.05) is 13.3 Å². The fourth-order valence-electron chi connectivity index (χ4n) is 1.69. The van der Waals surface area contributed by atoms with Crippen LogP contribution in [0.3, 0.4) is 0 Å². The third-order valence-corrected chi connectivity index (χ3v) is 2.62. The van der Waals surface area contributed by atoms with Gasteiger partial charge in [0.05, 0.1) is 12.6 Å². The minimum Gasteiger partial charge on any atom is -0.355 e. The quantitative estimate of drug-likeness (QED) is 0.607. The van der Waals surface area contributed by atoms with Crippen LogP contribution in [0, 0.1) is 0 Å². The molecule has 92 valence electrons. The number of hydrogen-bond donors (Lipinski definition) is 3. The molecule has 1 fully saturated rings. The van der Waals surface area contributed by atoms with Gasteiger partial charge in [-0.2, -0.15) is 0 Å². The minimum absolute atomic E-state index is 0.0636. The van der Waals surface area contributed by atoms with Gasteiger partial charge in [-0.3, -0.25) is 9.59 Å². The second-order valence-corrected chi connectivity index (χ2v) is 4.07. The molecule has 5 nitrogen and oxygen atoms in total. The molecular formula is C11H21N3O2. The molecule has 1 rings (SSSR count). The summed E-state index contributed by atoms with van der Waals surface area (Å²) in [6.07, 6.45) is 3.97. The molecule has 0 spiro atoms. The van der Waals surface area contributed by atoms with E-state index in [9.17, 15) is 9.59 Å². The summed E-state index contributed by atoms with van der Waals surface area (Å²) < 4.78 is 0. The molecule has 1 aliphatic rings. The maximum Gasteiger partial charge on any atom is 0.239 e. The van der Waals surface area contributed by atoms with E-state index in [0.717, 1.165) is 32.2 Å². The van der Waals surface area contributed by atoms with Gasteiger partial charge in [0, 0.05) is 6.54 Å². The highest BCUT2D eigenvalue weighted by atomic mass is 16.2. The molecule has 3 N–H and O–H groups in total. The van der Waals surface area contributed by atoms with E-state index in [0.29, 0.717) is 6.54 Å². The first-order valence-electron chi connectivity index (χ1n) is 6.02. The summed E-state index contributed by atoms with van der Waals surface area (Å²) in [5.74, 6) is -0.183. The largest absolute Gasteiger partial charge is 0.355 e. The lowest BCUT2D eigenvalue weighted by Gasteiger charge is -2.22. The van der Waals surface area contributed by atoms with Crippen LogP contribution in [-0.4, -0.2) is 37.5 Å². The molecule has 16 heavy (non-hydrogen) atoms. The summed E-state index contributed by atoms with van der Waals surface area (Å²) in [7, 11) is 0. The summed E-state index contributed by atoms with van der Waals surface area (Å²) in [6.45, 7) is 3.62. The smallest absolute Gasteiger partial charge is 0.239 e. The Morgan fingerprint density at radius 2 is 2.12 bits per heavy atom. The zero-order valence-corrected chi connectivity index (χ0v) is 9.84. The normalized spacial score (nSPS) is 20.2. The highest BCUT2D eigenvalue weighted by Crippen LogP contribution is 2.06. The first-order valence-corrected chi connectivity index (χ1v) is 6.02. The van der Waals surface area contributed by atoms with Crippen LogP contribution < -0.4 is 16.0 Å². The van der Waals surface area contributed by atoms with Crippen LogP contribution in [0.25, 0.3) is 0 Å². The summed E-state index contributed by atoms with van der Waals surface area (Å²) in [4.78, 5) is 22.9. The van der Waals surface area contributed by atoms with Crippen molar-refractivity contribution in [1.82, 2.24) is 16.0 Å². The Kier molecular flexibility index (Phi) is 5.85. The summed E-state index contributed by atoms with van der Waals surface area (Å²) in [6, 6.07) is -0.118. The molecular weight excluding hydrogens is 206 g/mol. The van der Waals surface area contributed by atoms with Crippen molar-refractivity contribution in [3.63, 3.8) is 0 Å². The molecule has 0 unspecified atom stereocenters. The third kappa shape index (κ3) is 4.61. The molecule has 0 aromatic heterocycles. The first kappa shape index (κ1) is 13.0. The Bertz CT molecular complexity index is 237. The first-order chi connectivity index (χ1) is 7.74. The number of rotatable bonds is 5. The van der Waals surface area contributed by atoms with Gasteiger partial charge < -0.3 is 16.0 Å². The molecule has 0 aromatic carbocycles. The topological polar surface area (TPSA) is 70.2 Å². The van der Waals surface area contributed by atoms with E-state index >= 15 is 0 Å². The summed E-state index contributed by atoms with van der Waals surface area (Å²) >= 11 is 0. The van der Waals surface area contributed by atoms with E-state index in [1.54, 1.807) is 0 Å². The van der Waals surface area contributed by atoms with Crippen LogP contribution in [0.5, 0.6) is 0 Å². The number of nitrogens with one attached hydrogen (secondary N) is 3. The highest BCUT2D eigenvalue weighted by Gasteiger charge is 2.20. The van der Waals surface area contributed by atoms with Crippen LogP contribution >= 0.6 is 0 Å². The minimum atomic E-state index is -0.119. The SMILES string of the molecule is CCCNC(=O)CNC(=O)[C@H]1CCCCN1. The third-order valence-electron chi connectivity index (χ3n) is 2.62. The standard InChI is InChI=1S/C11H21N3O2/c1-2-6-13-10(15)8-14-11(16)9-5-3-4-7-12-9/h9,12H,2-8H2,1H3,(H,13,15)(H,14,16)/t9-/m1/s1. The average molecular weight is 227 g/mol. The second kappa shape index (κ2) is 7.22. The van der Waals surface area contributed by atoms with Gasteiger partial charge in [-0.15, -0.1) is 0 Å². The van der Waals surface area contributed by atoms with E-state index in [-0.39, 0.29) is 24.4 Å². The van der Waals surface area contributed by atoms with Crippen molar-refractivity contribution in [2.45, 2.75) is 38.6 Å². The molecule has 2 amide bonds. The fraction of sp³-hybridized carbons (Fsp3) is 0.818. The number of carbonyl (C=O) groups excluding carboxylic acids is 2. The van der Waals surface area contributed by atoms with Gasteiger partial charge >= 0.3 is 0 Å². The number of hydrogen-bond acceptors (Lipinski definition) is 3. The zero-order chi connectivity index (χ0) is 11.8. The monoisotopic (exact) mass is 227 g/mol. The Balaban J connectivity index is 2.15. The zero-order valence-electron chi connectivity index (χ0n) is 9.84. The van der Waals surface area contributed by atoms with E-state index in [1.165, 1.54) is 0 Å². The molecule has 0 aromatic rings. The number of piperidine rings is 1. The van der Waals surface area contributed by atoms with Gasteiger partial charge in [0.2, 0.25) is 11.8 Å². The highest BCUT2D eigenvalue weighted by molar-refractivity contribution is 5.87.